The predicted molar refractivity (Wildman–Crippen MR) is 119 cm³/mol. The molecule has 0 radical (unpaired) electrons. The van der Waals surface area contributed by atoms with Crippen LogP contribution in [0, 0.1) is 0 Å². The standard InChI is InChI=1S/C21H40N6O3/c1-17(18(28)26-10-7-8-11-26)25-13-15-27(16-14-25)19(22-5)23-9-12-24(6)20(29)30-21(2,3)4/h17H,7-16H2,1-6H3,(H,22,23). The summed E-state index contributed by atoms with van der Waals surface area (Å²) in [4.78, 5) is 37.1. The largest absolute Gasteiger partial charge is 0.444 e. The van der Waals surface area contributed by atoms with Gasteiger partial charge in [-0.25, -0.2) is 4.79 Å². The van der Waals surface area contributed by atoms with E-state index in [1.807, 2.05) is 32.6 Å². The third kappa shape index (κ3) is 7.04. The smallest absolute Gasteiger partial charge is 0.410 e. The third-order valence-electron chi connectivity index (χ3n) is 5.58. The van der Waals surface area contributed by atoms with Crippen molar-refractivity contribution < 1.29 is 14.3 Å². The van der Waals surface area contributed by atoms with Crippen LogP contribution in [0.2, 0.25) is 0 Å². The third-order valence-corrected chi connectivity index (χ3v) is 5.58. The van der Waals surface area contributed by atoms with Crippen molar-refractivity contribution >= 4 is 18.0 Å². The highest BCUT2D eigenvalue weighted by Crippen LogP contribution is 2.14. The monoisotopic (exact) mass is 424 g/mol. The number of guanidine groups is 1. The number of carbonyl (C=O) groups is 2. The van der Waals surface area contributed by atoms with E-state index in [0.717, 1.165) is 58.1 Å². The van der Waals surface area contributed by atoms with Gasteiger partial charge in [0.25, 0.3) is 0 Å². The summed E-state index contributed by atoms with van der Waals surface area (Å²) < 4.78 is 5.37. The van der Waals surface area contributed by atoms with Crippen molar-refractivity contribution in [3.8, 4) is 0 Å². The number of nitrogens with zero attached hydrogens (tertiary/aromatic N) is 5. The van der Waals surface area contributed by atoms with Crippen molar-refractivity contribution in [3.05, 3.63) is 0 Å². The fourth-order valence-electron chi connectivity index (χ4n) is 3.78. The zero-order valence-electron chi connectivity index (χ0n) is 19.6. The summed E-state index contributed by atoms with van der Waals surface area (Å²) in [6.45, 7) is 13.8. The molecule has 2 amide bonds. The van der Waals surface area contributed by atoms with Crippen LogP contribution in [0.5, 0.6) is 0 Å². The highest BCUT2D eigenvalue weighted by atomic mass is 16.6. The van der Waals surface area contributed by atoms with Gasteiger partial charge in [0.1, 0.15) is 5.60 Å². The van der Waals surface area contributed by atoms with Crippen LogP contribution < -0.4 is 5.32 Å². The Bertz CT molecular complexity index is 604. The molecule has 9 nitrogen and oxygen atoms in total. The minimum atomic E-state index is -0.498. The van der Waals surface area contributed by atoms with E-state index < -0.39 is 5.60 Å². The number of likely N-dealkylation sites (N-methyl/N-ethyl adjacent to an activating group) is 1. The van der Waals surface area contributed by atoms with Crippen molar-refractivity contribution in [2.75, 3.05) is 66.5 Å². The summed E-state index contributed by atoms with van der Waals surface area (Å²) in [7, 11) is 3.50. The maximum Gasteiger partial charge on any atom is 0.410 e. The van der Waals surface area contributed by atoms with Crippen molar-refractivity contribution in [2.24, 2.45) is 4.99 Å². The van der Waals surface area contributed by atoms with Crippen LogP contribution >= 0.6 is 0 Å². The molecule has 0 bridgehead atoms. The molecule has 2 rings (SSSR count). The average Bonchev–Trinajstić information content (AvgIpc) is 3.23. The topological polar surface area (TPSA) is 80.7 Å². The molecular formula is C21H40N6O3. The number of hydrogen-bond donors (Lipinski definition) is 1. The van der Waals surface area contributed by atoms with Crippen LogP contribution in [0.25, 0.3) is 0 Å². The van der Waals surface area contributed by atoms with E-state index >= 15 is 0 Å². The summed E-state index contributed by atoms with van der Waals surface area (Å²) in [5.74, 6) is 1.08. The molecule has 0 spiro atoms. The van der Waals surface area contributed by atoms with Crippen LogP contribution in [0.3, 0.4) is 0 Å². The molecule has 0 aromatic carbocycles. The van der Waals surface area contributed by atoms with Crippen molar-refractivity contribution in [1.82, 2.24) is 24.9 Å². The molecule has 2 aliphatic heterocycles. The second kappa shape index (κ2) is 10.8. The lowest BCUT2D eigenvalue weighted by Gasteiger charge is -2.39. The number of amides is 2. The fourth-order valence-corrected chi connectivity index (χ4v) is 3.78. The molecule has 2 fully saturated rings. The Hall–Kier alpha value is -2.03. The Balaban J connectivity index is 1.74. The van der Waals surface area contributed by atoms with Gasteiger partial charge in [0, 0.05) is 66.5 Å². The van der Waals surface area contributed by atoms with Gasteiger partial charge in [-0.1, -0.05) is 0 Å². The molecule has 2 saturated heterocycles. The van der Waals surface area contributed by atoms with Crippen LogP contribution in [-0.4, -0.2) is 116 Å². The van der Waals surface area contributed by atoms with Crippen LogP contribution in [0.4, 0.5) is 4.79 Å². The Morgan fingerprint density at radius 2 is 1.67 bits per heavy atom. The Labute approximate surface area is 181 Å². The molecule has 172 valence electrons. The Morgan fingerprint density at radius 1 is 1.07 bits per heavy atom. The summed E-state index contributed by atoms with van der Waals surface area (Å²) in [6.07, 6.45) is 1.92. The number of hydrogen-bond acceptors (Lipinski definition) is 5. The van der Waals surface area contributed by atoms with Gasteiger partial charge in [0.05, 0.1) is 6.04 Å². The van der Waals surface area contributed by atoms with E-state index in [0.29, 0.717) is 13.1 Å². The maximum atomic E-state index is 12.7. The zero-order valence-corrected chi connectivity index (χ0v) is 19.6. The number of nitrogens with one attached hydrogen (secondary N) is 1. The number of ether oxygens (including phenoxy) is 1. The summed E-state index contributed by atoms with van der Waals surface area (Å²) in [6, 6.07) is -0.0669. The normalized spacial score (nSPS) is 19.6. The van der Waals surface area contributed by atoms with E-state index in [1.54, 1.807) is 19.0 Å². The first-order valence-electron chi connectivity index (χ1n) is 11.0. The van der Waals surface area contributed by atoms with Crippen LogP contribution in [0.15, 0.2) is 4.99 Å². The molecule has 0 saturated carbocycles. The lowest BCUT2D eigenvalue weighted by atomic mass is 10.2. The van der Waals surface area contributed by atoms with E-state index in [-0.39, 0.29) is 18.0 Å². The van der Waals surface area contributed by atoms with Gasteiger partial charge in [0.15, 0.2) is 5.96 Å². The van der Waals surface area contributed by atoms with E-state index in [4.69, 9.17) is 4.74 Å². The van der Waals surface area contributed by atoms with Crippen molar-refractivity contribution in [2.45, 2.75) is 52.2 Å². The van der Waals surface area contributed by atoms with Crippen molar-refractivity contribution in [1.29, 1.82) is 0 Å². The second-order valence-corrected chi connectivity index (χ2v) is 9.11. The first-order valence-corrected chi connectivity index (χ1v) is 11.0. The van der Waals surface area contributed by atoms with Crippen LogP contribution in [0.1, 0.15) is 40.5 Å². The van der Waals surface area contributed by atoms with Gasteiger partial charge >= 0.3 is 6.09 Å². The van der Waals surface area contributed by atoms with Gasteiger partial charge in [-0.15, -0.1) is 0 Å². The molecule has 9 heteroatoms. The molecule has 1 N–H and O–H groups in total. The van der Waals surface area contributed by atoms with E-state index in [9.17, 15) is 9.59 Å². The summed E-state index contributed by atoms with van der Waals surface area (Å²) in [5, 5.41) is 3.33. The number of carbonyl (C=O) groups excluding carboxylic acids is 2. The minimum absolute atomic E-state index is 0.0669. The number of aliphatic imine (C=N–C) groups is 1. The number of piperazine rings is 1. The predicted octanol–water partition coefficient (Wildman–Crippen LogP) is 1.06. The number of likely N-dealkylation sites (tertiary alicyclic amines) is 1. The van der Waals surface area contributed by atoms with Crippen molar-refractivity contribution in [3.63, 3.8) is 0 Å². The molecule has 2 heterocycles. The quantitative estimate of drug-likeness (QED) is 0.525. The highest BCUT2D eigenvalue weighted by molar-refractivity contribution is 5.82. The Morgan fingerprint density at radius 3 is 2.20 bits per heavy atom. The number of rotatable bonds is 5. The first-order chi connectivity index (χ1) is 14.1. The van der Waals surface area contributed by atoms with Gasteiger partial charge < -0.3 is 24.8 Å². The zero-order chi connectivity index (χ0) is 22.3. The minimum Gasteiger partial charge on any atom is -0.444 e. The highest BCUT2D eigenvalue weighted by Gasteiger charge is 2.30. The van der Waals surface area contributed by atoms with Crippen LogP contribution in [-0.2, 0) is 9.53 Å². The second-order valence-electron chi connectivity index (χ2n) is 9.11. The molecular weight excluding hydrogens is 384 g/mol. The van der Waals surface area contributed by atoms with Gasteiger partial charge in [-0.05, 0) is 40.5 Å². The molecule has 0 aliphatic carbocycles. The summed E-state index contributed by atoms with van der Waals surface area (Å²) in [5.41, 5.74) is -0.498. The maximum absolute atomic E-state index is 12.7. The molecule has 1 unspecified atom stereocenters. The SMILES string of the molecule is CN=C(NCCN(C)C(=O)OC(C)(C)C)N1CCN(C(C)C(=O)N2CCCC2)CC1. The lowest BCUT2D eigenvalue weighted by Crippen LogP contribution is -2.57. The summed E-state index contributed by atoms with van der Waals surface area (Å²) >= 11 is 0. The molecule has 0 aromatic rings. The molecule has 0 aromatic heterocycles. The average molecular weight is 425 g/mol. The molecule has 2 aliphatic rings. The van der Waals surface area contributed by atoms with Gasteiger partial charge in [-0.3, -0.25) is 14.7 Å². The Kier molecular flexibility index (Phi) is 8.76. The lowest BCUT2D eigenvalue weighted by molar-refractivity contribution is -0.135. The molecule has 1 atom stereocenters. The fraction of sp³-hybridized carbons (Fsp3) is 0.857. The van der Waals surface area contributed by atoms with E-state index in [2.05, 4.69) is 20.1 Å². The molecule has 30 heavy (non-hydrogen) atoms. The van der Waals surface area contributed by atoms with Gasteiger partial charge in [0.2, 0.25) is 5.91 Å². The van der Waals surface area contributed by atoms with Gasteiger partial charge in [-0.2, -0.15) is 0 Å². The van der Waals surface area contributed by atoms with E-state index in [1.165, 1.54) is 0 Å². The first kappa shape index (κ1) is 24.2.